The van der Waals surface area contributed by atoms with Crippen LogP contribution in [0.2, 0.25) is 9.36 Å². The first-order valence-corrected chi connectivity index (χ1v) is 7.81. The predicted octanol–water partition coefficient (Wildman–Crippen LogP) is 2.34. The van der Waals surface area contributed by atoms with Crippen LogP contribution in [-0.2, 0) is 9.84 Å². The van der Waals surface area contributed by atoms with Crippen molar-refractivity contribution in [3.8, 4) is 5.88 Å². The summed E-state index contributed by atoms with van der Waals surface area (Å²) in [6.45, 7) is 0. The SMILES string of the molecule is O=c1[nH]c(O)c(S(=O)(=O)c2cc(Cl)c(Cl)s2)s1. The number of aromatic amines is 1. The first-order valence-electron chi connectivity index (χ1n) is 3.94. The zero-order chi connectivity index (χ0) is 12.8. The highest BCUT2D eigenvalue weighted by Gasteiger charge is 2.27. The lowest BCUT2D eigenvalue weighted by molar-refractivity contribution is 0.442. The van der Waals surface area contributed by atoms with E-state index in [9.17, 15) is 18.3 Å². The fourth-order valence-electron chi connectivity index (χ4n) is 1.04. The second kappa shape index (κ2) is 4.29. The normalized spacial score (nSPS) is 11.9. The molecule has 0 atom stereocenters. The number of H-pyrrole nitrogens is 1. The van der Waals surface area contributed by atoms with Crippen molar-refractivity contribution in [2.24, 2.45) is 0 Å². The van der Waals surface area contributed by atoms with Crippen LogP contribution in [0.4, 0.5) is 0 Å². The van der Waals surface area contributed by atoms with Crippen LogP contribution in [0.5, 0.6) is 5.88 Å². The van der Waals surface area contributed by atoms with Crippen LogP contribution in [-0.4, -0.2) is 18.5 Å². The van der Waals surface area contributed by atoms with E-state index in [4.69, 9.17) is 23.2 Å². The molecule has 0 amide bonds. The molecule has 0 aliphatic heterocycles. The summed E-state index contributed by atoms with van der Waals surface area (Å²) in [6.07, 6.45) is 0. The summed E-state index contributed by atoms with van der Waals surface area (Å²) in [5.41, 5.74) is 0. The van der Waals surface area contributed by atoms with E-state index in [1.54, 1.807) is 0 Å². The molecule has 0 aliphatic carbocycles. The Labute approximate surface area is 113 Å². The van der Waals surface area contributed by atoms with Gasteiger partial charge in [0.2, 0.25) is 15.7 Å². The number of aromatic hydroxyl groups is 1. The van der Waals surface area contributed by atoms with Crippen LogP contribution in [0.1, 0.15) is 0 Å². The van der Waals surface area contributed by atoms with Crippen LogP contribution >= 0.6 is 45.9 Å². The number of sulfone groups is 1. The lowest BCUT2D eigenvalue weighted by Gasteiger charge is -1.96. The van der Waals surface area contributed by atoms with E-state index in [0.29, 0.717) is 11.3 Å². The zero-order valence-corrected chi connectivity index (χ0v) is 11.7. The van der Waals surface area contributed by atoms with Gasteiger partial charge in [0, 0.05) is 0 Å². The van der Waals surface area contributed by atoms with E-state index in [2.05, 4.69) is 0 Å². The molecular formula is C7H3Cl2NO4S3. The number of hydrogen-bond donors (Lipinski definition) is 2. The van der Waals surface area contributed by atoms with Gasteiger partial charge >= 0.3 is 4.87 Å². The Morgan fingerprint density at radius 1 is 1.29 bits per heavy atom. The van der Waals surface area contributed by atoms with Gasteiger partial charge in [0.05, 0.1) is 5.02 Å². The highest BCUT2D eigenvalue weighted by molar-refractivity contribution is 7.95. The van der Waals surface area contributed by atoms with Gasteiger partial charge in [-0.05, 0) is 6.07 Å². The predicted molar refractivity (Wildman–Crippen MR) is 66.4 cm³/mol. The smallest absolute Gasteiger partial charge is 0.308 e. The van der Waals surface area contributed by atoms with E-state index >= 15 is 0 Å². The van der Waals surface area contributed by atoms with Crippen LogP contribution in [0.25, 0.3) is 0 Å². The van der Waals surface area contributed by atoms with Gasteiger partial charge in [-0.1, -0.05) is 34.5 Å². The molecule has 5 nitrogen and oxygen atoms in total. The third-order valence-corrected chi connectivity index (χ3v) is 7.20. The molecule has 2 rings (SSSR count). The second-order valence-electron chi connectivity index (χ2n) is 2.84. The van der Waals surface area contributed by atoms with E-state index in [0.717, 1.165) is 11.3 Å². The molecule has 0 bridgehead atoms. The monoisotopic (exact) mass is 331 g/mol. The van der Waals surface area contributed by atoms with Crippen molar-refractivity contribution in [2.75, 3.05) is 0 Å². The summed E-state index contributed by atoms with van der Waals surface area (Å²) < 4.78 is 23.6. The first-order chi connectivity index (χ1) is 7.82. The number of thiazole rings is 1. The van der Waals surface area contributed by atoms with Gasteiger partial charge in [-0.25, -0.2) is 8.42 Å². The molecule has 0 saturated carbocycles. The minimum Gasteiger partial charge on any atom is -0.493 e. The first kappa shape index (κ1) is 12.9. The second-order valence-corrected chi connectivity index (χ2v) is 8.26. The number of thiophene rings is 1. The van der Waals surface area contributed by atoms with Gasteiger partial charge in [0.1, 0.15) is 8.55 Å². The molecule has 2 heterocycles. The van der Waals surface area contributed by atoms with Gasteiger partial charge in [0.15, 0.2) is 4.21 Å². The molecule has 0 unspecified atom stereocenters. The third-order valence-electron chi connectivity index (χ3n) is 1.73. The lowest BCUT2D eigenvalue weighted by atomic mass is 10.7. The number of hydrogen-bond acceptors (Lipinski definition) is 6. The summed E-state index contributed by atoms with van der Waals surface area (Å²) in [4.78, 5) is 12.3. The summed E-state index contributed by atoms with van der Waals surface area (Å²) in [5.74, 6) is -0.680. The maximum absolute atomic E-state index is 12.0. The van der Waals surface area contributed by atoms with Gasteiger partial charge < -0.3 is 5.11 Å². The van der Waals surface area contributed by atoms with Crippen molar-refractivity contribution in [1.29, 1.82) is 0 Å². The lowest BCUT2D eigenvalue weighted by Crippen LogP contribution is -1.97. The molecule has 2 aromatic rings. The van der Waals surface area contributed by atoms with Crippen LogP contribution in [0.15, 0.2) is 19.3 Å². The number of aromatic nitrogens is 1. The summed E-state index contributed by atoms with van der Waals surface area (Å²) in [6, 6.07) is 1.17. The molecule has 0 aliphatic rings. The molecule has 0 saturated heterocycles. The fourth-order valence-corrected chi connectivity index (χ4v) is 5.60. The van der Waals surface area contributed by atoms with Crippen molar-refractivity contribution in [2.45, 2.75) is 8.42 Å². The number of halogens is 2. The quantitative estimate of drug-likeness (QED) is 0.884. The Morgan fingerprint density at radius 3 is 2.35 bits per heavy atom. The molecule has 10 heteroatoms. The molecule has 0 radical (unpaired) electrons. The summed E-state index contributed by atoms with van der Waals surface area (Å²) in [5, 5.41) is 9.43. The average Bonchev–Trinajstić information content (AvgIpc) is 2.72. The maximum Gasteiger partial charge on any atom is 0.308 e. The van der Waals surface area contributed by atoms with E-state index in [1.165, 1.54) is 6.07 Å². The summed E-state index contributed by atoms with van der Waals surface area (Å²) >= 11 is 12.5. The molecule has 2 N–H and O–H groups in total. The molecule has 2 aromatic heterocycles. The van der Waals surface area contributed by atoms with Crippen LogP contribution in [0, 0.1) is 0 Å². The van der Waals surface area contributed by atoms with Gasteiger partial charge in [-0.15, -0.1) is 11.3 Å². The van der Waals surface area contributed by atoms with Gasteiger partial charge in [0.25, 0.3) is 0 Å². The molecular weight excluding hydrogens is 329 g/mol. The van der Waals surface area contributed by atoms with E-state index in [1.807, 2.05) is 4.98 Å². The number of nitrogens with one attached hydrogen (secondary N) is 1. The average molecular weight is 332 g/mol. The van der Waals surface area contributed by atoms with Crippen LogP contribution < -0.4 is 4.87 Å². The van der Waals surface area contributed by atoms with Crippen molar-refractivity contribution < 1.29 is 13.5 Å². The molecule has 0 spiro atoms. The Balaban J connectivity index is 2.65. The maximum atomic E-state index is 12.0. The van der Waals surface area contributed by atoms with Crippen molar-refractivity contribution in [1.82, 2.24) is 4.98 Å². The van der Waals surface area contributed by atoms with E-state index < -0.39 is 24.8 Å². The topological polar surface area (TPSA) is 87.2 Å². The Kier molecular flexibility index (Phi) is 3.25. The largest absolute Gasteiger partial charge is 0.493 e. The van der Waals surface area contributed by atoms with Crippen molar-refractivity contribution >= 4 is 55.7 Å². The van der Waals surface area contributed by atoms with Gasteiger partial charge in [-0.3, -0.25) is 9.78 Å². The zero-order valence-electron chi connectivity index (χ0n) is 7.73. The minimum absolute atomic E-state index is 0.109. The highest BCUT2D eigenvalue weighted by Crippen LogP contribution is 2.39. The summed E-state index contributed by atoms with van der Waals surface area (Å²) in [7, 11) is -3.96. The van der Waals surface area contributed by atoms with Crippen LogP contribution in [0.3, 0.4) is 0 Å². The fraction of sp³-hybridized carbons (Fsp3) is 0. The molecule has 0 fully saturated rings. The Morgan fingerprint density at radius 2 is 1.94 bits per heavy atom. The van der Waals surface area contributed by atoms with Crippen molar-refractivity contribution in [3.05, 3.63) is 25.1 Å². The molecule has 92 valence electrons. The van der Waals surface area contributed by atoms with E-state index in [-0.39, 0.29) is 13.6 Å². The van der Waals surface area contributed by atoms with Gasteiger partial charge in [-0.2, -0.15) is 0 Å². The Hall–Kier alpha value is -0.540. The highest BCUT2D eigenvalue weighted by atomic mass is 35.5. The minimum atomic E-state index is -3.96. The third kappa shape index (κ3) is 2.23. The standard InChI is InChI=1S/C7H3Cl2NO4S3/c8-2-1-3(15-4(2)9)17(13,14)6-5(11)10-7(12)16-6/h1,11H,(H,10,12). The molecule has 0 aromatic carbocycles. The van der Waals surface area contributed by atoms with Crippen molar-refractivity contribution in [3.63, 3.8) is 0 Å². The number of rotatable bonds is 2. The Bertz CT molecular complexity index is 707. The molecule has 17 heavy (non-hydrogen) atoms.